The fourth-order valence-corrected chi connectivity index (χ4v) is 11.8. The fraction of sp³-hybridized carbons (Fsp3) is 0.811. The van der Waals surface area contributed by atoms with Crippen LogP contribution in [0.25, 0.3) is 0 Å². The molecule has 6 nitrogen and oxygen atoms in total. The van der Waals surface area contributed by atoms with Crippen molar-refractivity contribution in [3.63, 3.8) is 0 Å². The van der Waals surface area contributed by atoms with Gasteiger partial charge in [0.2, 0.25) is 5.91 Å². The van der Waals surface area contributed by atoms with Gasteiger partial charge in [0.1, 0.15) is 0 Å². The highest BCUT2D eigenvalue weighted by Crippen LogP contribution is 2.75. The fourth-order valence-electron chi connectivity index (χ4n) is 11.8. The minimum absolute atomic E-state index is 0.0344. The Kier molecular flexibility index (Phi) is 7.23. The van der Waals surface area contributed by atoms with Crippen LogP contribution in [0, 0.1) is 61.6 Å². The van der Waals surface area contributed by atoms with Gasteiger partial charge in [0.15, 0.2) is 5.78 Å². The van der Waals surface area contributed by atoms with Gasteiger partial charge in [-0.05, 0) is 96.4 Å². The summed E-state index contributed by atoms with van der Waals surface area (Å²) in [5.41, 5.74) is 0.599. The first-order valence-electron chi connectivity index (χ1n) is 17.1. The molecular weight excluding hydrogens is 534 g/mol. The van der Waals surface area contributed by atoms with Crippen LogP contribution in [0.5, 0.6) is 0 Å². The summed E-state index contributed by atoms with van der Waals surface area (Å²) in [6, 6.07) is 2.32. The van der Waals surface area contributed by atoms with E-state index in [1.54, 1.807) is 0 Å². The van der Waals surface area contributed by atoms with Crippen LogP contribution in [0.15, 0.2) is 23.3 Å². The molecule has 1 heterocycles. The molecule has 8 unspecified atom stereocenters. The number of nitrogens with one attached hydrogen (secondary N) is 1. The van der Waals surface area contributed by atoms with E-state index in [1.807, 2.05) is 17.1 Å². The smallest absolute Gasteiger partial charge is 0.222 e. The molecule has 4 fully saturated rings. The Balaban J connectivity index is 1.40. The van der Waals surface area contributed by atoms with Crippen molar-refractivity contribution < 1.29 is 14.7 Å². The van der Waals surface area contributed by atoms with Gasteiger partial charge in [-0.15, -0.1) is 0 Å². The zero-order valence-electron chi connectivity index (χ0n) is 27.8. The Morgan fingerprint density at radius 1 is 1.05 bits per heavy atom. The number of hydrogen-bond donors (Lipinski definition) is 2. The Morgan fingerprint density at radius 3 is 2.40 bits per heavy atom. The van der Waals surface area contributed by atoms with Crippen LogP contribution in [0.2, 0.25) is 0 Å². The van der Waals surface area contributed by atoms with Gasteiger partial charge in [-0.1, -0.05) is 60.1 Å². The molecule has 3 saturated carbocycles. The minimum atomic E-state index is -0.785. The predicted octanol–water partition coefficient (Wildman–Crippen LogP) is 6.21. The van der Waals surface area contributed by atoms with E-state index in [2.05, 4.69) is 59.9 Å². The number of piperazine rings is 1. The molecule has 0 spiro atoms. The van der Waals surface area contributed by atoms with E-state index >= 15 is 0 Å². The number of carbonyl (C=O) groups is 2. The molecule has 5 aliphatic carbocycles. The summed E-state index contributed by atoms with van der Waals surface area (Å²) >= 11 is 0. The molecule has 236 valence electrons. The number of ketones is 1. The van der Waals surface area contributed by atoms with E-state index in [0.29, 0.717) is 12.0 Å². The van der Waals surface area contributed by atoms with Gasteiger partial charge in [-0.2, -0.15) is 5.26 Å². The maximum atomic E-state index is 14.7. The Hall–Kier alpha value is -1.97. The molecule has 1 aliphatic heterocycles. The summed E-state index contributed by atoms with van der Waals surface area (Å²) in [7, 11) is 0. The van der Waals surface area contributed by atoms with Crippen molar-refractivity contribution >= 4 is 11.7 Å². The summed E-state index contributed by atoms with van der Waals surface area (Å²) in [5.74, 6) is 0.934. The average Bonchev–Trinajstić information content (AvgIpc) is 2.95. The van der Waals surface area contributed by atoms with Gasteiger partial charge in [-0.3, -0.25) is 9.59 Å². The lowest BCUT2D eigenvalue weighted by Gasteiger charge is -2.69. The van der Waals surface area contributed by atoms with E-state index in [1.165, 1.54) is 5.57 Å². The van der Waals surface area contributed by atoms with Crippen molar-refractivity contribution in [1.29, 1.82) is 5.26 Å². The molecule has 1 amide bonds. The molecule has 0 bridgehead atoms. The largest absolute Gasteiger partial charge is 0.387 e. The van der Waals surface area contributed by atoms with Crippen molar-refractivity contribution in [2.24, 2.45) is 50.2 Å². The van der Waals surface area contributed by atoms with Crippen molar-refractivity contribution in [3.8, 4) is 6.07 Å². The maximum Gasteiger partial charge on any atom is 0.222 e. The van der Waals surface area contributed by atoms with Gasteiger partial charge in [0, 0.05) is 43.9 Å². The van der Waals surface area contributed by atoms with Crippen LogP contribution in [-0.4, -0.2) is 54.0 Å². The standard InChI is InChI=1S/C37H55N3O3/c1-32(2)12-14-37(11-9-29(42)40-18-16-39-17-19-40)15-13-36(7)30(25(37)22-32)26(41)20-28-34(5)21-24(23-38)31(43)33(3,4)27(34)8-10-35(28,36)6/h20-21,25,27,30-31,39,43H,8-19,22H2,1-7H3. The highest BCUT2D eigenvalue weighted by atomic mass is 16.3. The van der Waals surface area contributed by atoms with Crippen molar-refractivity contribution in [2.75, 3.05) is 26.2 Å². The third-order valence-electron chi connectivity index (χ3n) is 14.6. The number of hydrogen-bond acceptors (Lipinski definition) is 5. The topological polar surface area (TPSA) is 93.4 Å². The lowest BCUT2D eigenvalue weighted by Crippen LogP contribution is -2.65. The lowest BCUT2D eigenvalue weighted by atomic mass is 9.34. The molecule has 0 aromatic carbocycles. The molecule has 6 rings (SSSR count). The molecule has 6 heteroatoms. The monoisotopic (exact) mass is 589 g/mol. The van der Waals surface area contributed by atoms with Gasteiger partial charge < -0.3 is 15.3 Å². The second-order valence-corrected chi connectivity index (χ2v) is 17.5. The van der Waals surface area contributed by atoms with E-state index in [4.69, 9.17) is 0 Å². The zero-order valence-corrected chi connectivity index (χ0v) is 27.8. The number of amides is 1. The van der Waals surface area contributed by atoms with Crippen molar-refractivity contribution in [1.82, 2.24) is 10.2 Å². The number of nitriles is 1. The molecule has 6 aliphatic rings. The SMILES string of the molecule is CC1(C)CCC2(CCC(=O)N3CCNCC3)CCC3(C)C(C(=O)C=C4C5(C)C=C(C#N)C(O)C(C)(C)C5CCC43C)C2C1. The first-order chi connectivity index (χ1) is 20.0. The second-order valence-electron chi connectivity index (χ2n) is 17.5. The van der Waals surface area contributed by atoms with Crippen LogP contribution in [0.4, 0.5) is 0 Å². The summed E-state index contributed by atoms with van der Waals surface area (Å²) in [4.78, 5) is 30.1. The number of aliphatic hydroxyl groups is 1. The number of carbonyl (C=O) groups excluding carboxylic acids is 2. The minimum Gasteiger partial charge on any atom is -0.387 e. The number of aliphatic hydroxyl groups excluding tert-OH is 1. The summed E-state index contributed by atoms with van der Waals surface area (Å²) in [6.07, 6.45) is 12.1. The van der Waals surface area contributed by atoms with E-state index in [9.17, 15) is 20.0 Å². The summed E-state index contributed by atoms with van der Waals surface area (Å²) < 4.78 is 0. The second kappa shape index (κ2) is 10.0. The van der Waals surface area contributed by atoms with Crippen LogP contribution >= 0.6 is 0 Å². The highest BCUT2D eigenvalue weighted by Gasteiger charge is 2.69. The first kappa shape index (κ1) is 31.0. The predicted molar refractivity (Wildman–Crippen MR) is 169 cm³/mol. The molecule has 0 aromatic rings. The van der Waals surface area contributed by atoms with Crippen LogP contribution < -0.4 is 5.32 Å². The Morgan fingerprint density at radius 2 is 1.72 bits per heavy atom. The van der Waals surface area contributed by atoms with Crippen molar-refractivity contribution in [3.05, 3.63) is 23.3 Å². The van der Waals surface area contributed by atoms with E-state index in [0.717, 1.165) is 77.5 Å². The Bertz CT molecular complexity index is 1300. The number of rotatable bonds is 3. The van der Waals surface area contributed by atoms with Crippen molar-refractivity contribution in [2.45, 2.75) is 112 Å². The molecule has 1 saturated heterocycles. The van der Waals surface area contributed by atoms with Gasteiger partial charge >= 0.3 is 0 Å². The quantitative estimate of drug-likeness (QED) is 0.408. The first-order valence-corrected chi connectivity index (χ1v) is 17.1. The summed E-state index contributed by atoms with van der Waals surface area (Å²) in [5, 5.41) is 24.6. The molecule has 0 radical (unpaired) electrons. The number of nitrogens with zero attached hydrogens (tertiary/aromatic N) is 2. The highest BCUT2D eigenvalue weighted by molar-refractivity contribution is 5.95. The van der Waals surface area contributed by atoms with Gasteiger partial charge in [-0.25, -0.2) is 0 Å². The van der Waals surface area contributed by atoms with Gasteiger partial charge in [0.05, 0.1) is 17.7 Å². The van der Waals surface area contributed by atoms with Gasteiger partial charge in [0.25, 0.3) is 0 Å². The normalized spacial score (nSPS) is 44.9. The molecule has 8 atom stereocenters. The third kappa shape index (κ3) is 4.38. The molecule has 43 heavy (non-hydrogen) atoms. The van der Waals surface area contributed by atoms with Crippen LogP contribution in [-0.2, 0) is 9.59 Å². The molecular formula is C37H55N3O3. The van der Waals surface area contributed by atoms with Crippen LogP contribution in [0.1, 0.15) is 106 Å². The Labute approximate surface area is 259 Å². The number of allylic oxidation sites excluding steroid dienone is 3. The molecule has 2 N–H and O–H groups in total. The lowest BCUT2D eigenvalue weighted by molar-refractivity contribution is -0.174. The zero-order chi connectivity index (χ0) is 31.2. The number of fused-ring (bicyclic) bond motifs is 7. The van der Waals surface area contributed by atoms with Crippen LogP contribution in [0.3, 0.4) is 0 Å². The van der Waals surface area contributed by atoms with E-state index in [-0.39, 0.29) is 51.1 Å². The molecule has 0 aromatic heterocycles. The average molecular weight is 590 g/mol. The van der Waals surface area contributed by atoms with E-state index < -0.39 is 16.9 Å². The third-order valence-corrected chi connectivity index (χ3v) is 14.6. The maximum absolute atomic E-state index is 14.7. The summed E-state index contributed by atoms with van der Waals surface area (Å²) in [6.45, 7) is 19.4.